The zero-order valence-electron chi connectivity index (χ0n) is 14.3. The van der Waals surface area contributed by atoms with Gasteiger partial charge >= 0.3 is 0 Å². The molecule has 0 radical (unpaired) electrons. The molecule has 1 amide bonds. The van der Waals surface area contributed by atoms with Gasteiger partial charge in [0.25, 0.3) is 5.56 Å². The Morgan fingerprint density at radius 2 is 2.00 bits per heavy atom. The molecule has 0 saturated carbocycles. The number of methoxy groups -OCH3 is 1. The Labute approximate surface area is 154 Å². The standard InChI is InChI=1S/C18H17ClN4O3/c1-11(12-6-8-13(26-2)9-7-12)20-16(24)10-23-18(25)14-4-3-5-15(19)17(14)21-22-23/h3-9,11H,10H2,1-2H3,(H,20,24). The van der Waals surface area contributed by atoms with Crippen molar-refractivity contribution in [1.82, 2.24) is 20.3 Å². The lowest BCUT2D eigenvalue weighted by Gasteiger charge is -2.15. The highest BCUT2D eigenvalue weighted by molar-refractivity contribution is 6.34. The number of halogens is 1. The molecule has 0 aliphatic heterocycles. The smallest absolute Gasteiger partial charge is 0.278 e. The molecule has 1 aromatic heterocycles. The third-order valence-corrected chi connectivity index (χ3v) is 4.30. The molecule has 134 valence electrons. The van der Waals surface area contributed by atoms with Crippen LogP contribution in [0.2, 0.25) is 5.02 Å². The first kappa shape index (κ1) is 17.9. The Bertz CT molecular complexity index is 1000. The SMILES string of the molecule is COc1ccc(C(C)NC(=O)Cn2nnc3c(Cl)cccc3c2=O)cc1. The molecule has 0 saturated heterocycles. The minimum Gasteiger partial charge on any atom is -0.497 e. The Morgan fingerprint density at radius 3 is 2.69 bits per heavy atom. The number of carbonyl (C=O) groups is 1. The zero-order valence-corrected chi connectivity index (χ0v) is 15.0. The lowest BCUT2D eigenvalue weighted by Crippen LogP contribution is -2.35. The van der Waals surface area contributed by atoms with Crippen molar-refractivity contribution < 1.29 is 9.53 Å². The van der Waals surface area contributed by atoms with Gasteiger partial charge in [-0.1, -0.05) is 35.0 Å². The molecule has 1 unspecified atom stereocenters. The summed E-state index contributed by atoms with van der Waals surface area (Å²) in [6.45, 7) is 1.63. The van der Waals surface area contributed by atoms with E-state index in [-0.39, 0.29) is 18.5 Å². The van der Waals surface area contributed by atoms with Gasteiger partial charge in [-0.2, -0.15) is 0 Å². The molecule has 3 rings (SSSR count). The van der Waals surface area contributed by atoms with E-state index in [4.69, 9.17) is 16.3 Å². The molecular weight excluding hydrogens is 356 g/mol. The van der Waals surface area contributed by atoms with Gasteiger partial charge in [0.15, 0.2) is 0 Å². The minimum absolute atomic E-state index is 0.227. The number of amides is 1. The van der Waals surface area contributed by atoms with E-state index in [2.05, 4.69) is 15.6 Å². The summed E-state index contributed by atoms with van der Waals surface area (Å²) in [6.07, 6.45) is 0. The number of hydrogen-bond donors (Lipinski definition) is 1. The van der Waals surface area contributed by atoms with Gasteiger partial charge in [-0.3, -0.25) is 9.59 Å². The second-order valence-electron chi connectivity index (χ2n) is 5.75. The predicted molar refractivity (Wildman–Crippen MR) is 98.4 cm³/mol. The minimum atomic E-state index is -0.412. The highest BCUT2D eigenvalue weighted by Crippen LogP contribution is 2.18. The van der Waals surface area contributed by atoms with E-state index < -0.39 is 5.56 Å². The van der Waals surface area contributed by atoms with E-state index in [0.29, 0.717) is 15.9 Å². The van der Waals surface area contributed by atoms with Crippen LogP contribution in [0.25, 0.3) is 10.9 Å². The zero-order chi connectivity index (χ0) is 18.7. The Balaban J connectivity index is 1.74. The molecule has 0 spiro atoms. The van der Waals surface area contributed by atoms with Crippen molar-refractivity contribution in [3.8, 4) is 5.75 Å². The van der Waals surface area contributed by atoms with Gasteiger partial charge < -0.3 is 10.1 Å². The van der Waals surface area contributed by atoms with Gasteiger partial charge in [0.2, 0.25) is 5.91 Å². The van der Waals surface area contributed by atoms with Crippen LogP contribution in [-0.2, 0) is 11.3 Å². The van der Waals surface area contributed by atoms with Crippen LogP contribution in [0.1, 0.15) is 18.5 Å². The van der Waals surface area contributed by atoms with Crippen molar-refractivity contribution in [2.24, 2.45) is 0 Å². The topological polar surface area (TPSA) is 86.1 Å². The number of nitrogens with zero attached hydrogens (tertiary/aromatic N) is 3. The highest BCUT2D eigenvalue weighted by atomic mass is 35.5. The number of fused-ring (bicyclic) bond motifs is 1. The quantitative estimate of drug-likeness (QED) is 0.742. The molecule has 1 N–H and O–H groups in total. The normalized spacial score (nSPS) is 12.0. The number of rotatable bonds is 5. The number of nitrogens with one attached hydrogen (secondary N) is 1. The van der Waals surface area contributed by atoms with E-state index in [1.807, 2.05) is 31.2 Å². The van der Waals surface area contributed by atoms with Crippen LogP contribution < -0.4 is 15.6 Å². The fraction of sp³-hybridized carbons (Fsp3) is 0.222. The van der Waals surface area contributed by atoms with E-state index in [0.717, 1.165) is 16.0 Å². The second kappa shape index (κ2) is 7.53. The molecule has 7 nitrogen and oxygen atoms in total. The number of aromatic nitrogens is 3. The van der Waals surface area contributed by atoms with Crippen LogP contribution in [0.15, 0.2) is 47.3 Å². The van der Waals surface area contributed by atoms with Gasteiger partial charge in [0, 0.05) is 0 Å². The van der Waals surface area contributed by atoms with Gasteiger partial charge in [0.1, 0.15) is 17.8 Å². The summed E-state index contributed by atoms with van der Waals surface area (Å²) >= 11 is 6.01. The highest BCUT2D eigenvalue weighted by Gasteiger charge is 2.14. The van der Waals surface area contributed by atoms with E-state index in [9.17, 15) is 9.59 Å². The summed E-state index contributed by atoms with van der Waals surface area (Å²) < 4.78 is 6.14. The summed E-state index contributed by atoms with van der Waals surface area (Å²) in [5.74, 6) is 0.398. The van der Waals surface area contributed by atoms with Crippen LogP contribution in [0.3, 0.4) is 0 Å². The summed E-state index contributed by atoms with van der Waals surface area (Å²) in [5, 5.41) is 11.2. The van der Waals surface area contributed by atoms with E-state index >= 15 is 0 Å². The summed E-state index contributed by atoms with van der Waals surface area (Å²) in [7, 11) is 1.59. The average Bonchev–Trinajstić information content (AvgIpc) is 2.64. The van der Waals surface area contributed by atoms with Crippen molar-refractivity contribution in [3.05, 3.63) is 63.4 Å². The van der Waals surface area contributed by atoms with Crippen LogP contribution in [-0.4, -0.2) is 28.0 Å². The molecule has 2 aromatic carbocycles. The lowest BCUT2D eigenvalue weighted by atomic mass is 10.1. The molecule has 0 aliphatic carbocycles. The summed E-state index contributed by atoms with van der Waals surface area (Å²) in [6, 6.07) is 12.0. The molecule has 0 fully saturated rings. The van der Waals surface area contributed by atoms with E-state index in [1.54, 1.807) is 25.3 Å². The van der Waals surface area contributed by atoms with Crippen LogP contribution in [0, 0.1) is 0 Å². The van der Waals surface area contributed by atoms with E-state index in [1.165, 1.54) is 0 Å². The van der Waals surface area contributed by atoms with Gasteiger partial charge in [0.05, 0.1) is 23.6 Å². The first-order valence-electron chi connectivity index (χ1n) is 7.95. The lowest BCUT2D eigenvalue weighted by molar-refractivity contribution is -0.122. The van der Waals surface area contributed by atoms with Crippen molar-refractivity contribution >= 4 is 28.4 Å². The molecule has 8 heteroatoms. The second-order valence-corrected chi connectivity index (χ2v) is 6.16. The maximum atomic E-state index is 12.5. The Morgan fingerprint density at radius 1 is 1.27 bits per heavy atom. The maximum absolute atomic E-state index is 12.5. The number of benzene rings is 2. The van der Waals surface area contributed by atoms with Crippen LogP contribution >= 0.6 is 11.6 Å². The Hall–Kier alpha value is -2.93. The number of hydrogen-bond acceptors (Lipinski definition) is 5. The summed E-state index contributed by atoms with van der Waals surface area (Å²) in [4.78, 5) is 24.7. The summed E-state index contributed by atoms with van der Waals surface area (Å²) in [5.41, 5.74) is 0.829. The van der Waals surface area contributed by atoms with Gasteiger partial charge in [-0.25, -0.2) is 4.68 Å². The van der Waals surface area contributed by atoms with Gasteiger partial charge in [-0.05, 0) is 36.8 Å². The first-order valence-corrected chi connectivity index (χ1v) is 8.32. The maximum Gasteiger partial charge on any atom is 0.278 e. The molecule has 3 aromatic rings. The number of carbonyl (C=O) groups excluding carboxylic acids is 1. The molecule has 0 bridgehead atoms. The van der Waals surface area contributed by atoms with Crippen molar-refractivity contribution in [2.75, 3.05) is 7.11 Å². The van der Waals surface area contributed by atoms with Crippen molar-refractivity contribution in [1.29, 1.82) is 0 Å². The third kappa shape index (κ3) is 3.67. The molecule has 26 heavy (non-hydrogen) atoms. The fourth-order valence-corrected chi connectivity index (χ4v) is 2.78. The molecule has 1 atom stereocenters. The molecule has 1 heterocycles. The largest absolute Gasteiger partial charge is 0.497 e. The van der Waals surface area contributed by atoms with Crippen LogP contribution in [0.5, 0.6) is 5.75 Å². The number of ether oxygens (including phenoxy) is 1. The molecule has 0 aliphatic rings. The Kier molecular flexibility index (Phi) is 5.18. The van der Waals surface area contributed by atoms with Crippen molar-refractivity contribution in [2.45, 2.75) is 19.5 Å². The predicted octanol–water partition coefficient (Wildman–Crippen LogP) is 2.33. The fourth-order valence-electron chi connectivity index (χ4n) is 2.57. The first-order chi connectivity index (χ1) is 12.5. The van der Waals surface area contributed by atoms with Crippen LogP contribution in [0.4, 0.5) is 0 Å². The van der Waals surface area contributed by atoms with Gasteiger partial charge in [-0.15, -0.1) is 5.10 Å². The average molecular weight is 373 g/mol. The molecular formula is C18H17ClN4O3. The van der Waals surface area contributed by atoms with Crippen molar-refractivity contribution in [3.63, 3.8) is 0 Å². The third-order valence-electron chi connectivity index (χ3n) is 3.99. The monoisotopic (exact) mass is 372 g/mol.